The second-order valence-corrected chi connectivity index (χ2v) is 24.8. The van der Waals surface area contributed by atoms with E-state index in [4.69, 9.17) is 10.5 Å². The Bertz CT molecular complexity index is 3810. The lowest BCUT2D eigenvalue weighted by Gasteiger charge is -2.34. The zero-order valence-corrected chi connectivity index (χ0v) is 57.0. The number of imidazole rings is 1. The van der Waals surface area contributed by atoms with Gasteiger partial charge in [-0.15, -0.1) is 10.2 Å². The normalized spacial score (nSPS) is 14.2. The number of carbonyl (C=O) groups is 11. The number of H-pyrrole nitrogens is 2. The molecule has 10 amide bonds. The van der Waals surface area contributed by atoms with Crippen LogP contribution in [0, 0.1) is 11.2 Å². The zero-order valence-electron chi connectivity index (χ0n) is 57.0. The van der Waals surface area contributed by atoms with Gasteiger partial charge in [0.25, 0.3) is 0 Å². The highest BCUT2D eigenvalue weighted by atomic mass is 19.1. The molecule has 2 heterocycles. The van der Waals surface area contributed by atoms with Crippen LogP contribution in [0.4, 0.5) is 10.1 Å². The molecule has 9 atom stereocenters. The molecule has 0 unspecified atom stereocenters. The van der Waals surface area contributed by atoms with Gasteiger partial charge >= 0.3 is 5.97 Å². The number of aliphatic hydroxyl groups is 2. The molecule has 32 nitrogen and oxygen atoms in total. The molecule has 0 spiro atoms. The number of nitrogens with two attached hydrogens (primary N) is 1. The molecule has 0 saturated heterocycles. The van der Waals surface area contributed by atoms with E-state index >= 15 is 4.39 Å². The number of anilines is 1. The van der Waals surface area contributed by atoms with Crippen molar-refractivity contribution in [3.05, 3.63) is 144 Å². The van der Waals surface area contributed by atoms with E-state index in [1.54, 1.807) is 48.7 Å². The number of halogens is 1. The molecule has 0 radical (unpaired) electrons. The zero-order chi connectivity index (χ0) is 74.0. The van der Waals surface area contributed by atoms with E-state index in [1.807, 2.05) is 37.3 Å². The third-order valence-electron chi connectivity index (χ3n) is 16.2. The van der Waals surface area contributed by atoms with Gasteiger partial charge in [-0.2, -0.15) is 5.21 Å². The Labute approximate surface area is 581 Å². The van der Waals surface area contributed by atoms with Crippen molar-refractivity contribution in [1.29, 1.82) is 0 Å². The molecule has 6 rings (SSSR count). The molecule has 4 aromatic carbocycles. The number of carboxylic acids is 1. The summed E-state index contributed by atoms with van der Waals surface area (Å²) >= 11 is 0. The summed E-state index contributed by atoms with van der Waals surface area (Å²) in [7, 11) is 0. The molecule has 6 aromatic rings. The number of hydrogen-bond donors (Lipinski definition) is 16. The number of ether oxygens (including phenoxy) is 1. The van der Waals surface area contributed by atoms with Crippen molar-refractivity contribution in [2.45, 2.75) is 154 Å². The number of benzene rings is 4. The monoisotopic (exact) mass is 1400 g/mol. The smallest absolute Gasteiger partial charge is 0.305 e. The minimum absolute atomic E-state index is 0.0481. The molecular formula is C68H88FN17O15. The fourth-order valence-corrected chi connectivity index (χ4v) is 10.2. The Balaban J connectivity index is 1.12. The van der Waals surface area contributed by atoms with Gasteiger partial charge in [-0.1, -0.05) is 78.9 Å². The van der Waals surface area contributed by atoms with E-state index in [-0.39, 0.29) is 30.8 Å². The summed E-state index contributed by atoms with van der Waals surface area (Å²) in [5.41, 5.74) is 5.93. The third-order valence-corrected chi connectivity index (χ3v) is 16.2. The Hall–Kier alpha value is -11.1. The topological polar surface area (TPSA) is 487 Å². The summed E-state index contributed by atoms with van der Waals surface area (Å²) in [6.45, 7) is 9.42. The summed E-state index contributed by atoms with van der Waals surface area (Å²) in [6, 6.07) is 16.2. The van der Waals surface area contributed by atoms with Crippen molar-refractivity contribution in [3.63, 3.8) is 0 Å². The summed E-state index contributed by atoms with van der Waals surface area (Å²) in [6.07, 6.45) is 0.0528. The standard InChI is InChI=1S/C68H88FN17O15/c1-8-42-31-47(101-29-15-14-27-70)24-25-48(42)43-22-20-41(21-23-43)30-50(60(94)76-45-17-10-9-11-18-45)78-61(95)52(33-55(90)91)77-58(92)38(2)75-62(96)56(39(3)87)81-66(100)68(7,34-44-16-12-13-19-49(44)69)82-63(97)57(40(4)88)80-54(89)36-73-59(93)51(32-53-83-85-86-84-53)79-65(99)67(5,6)64(98)72-28-26-46-35-71-37-74-46/h9-13,16-25,31,35,37-40,50-52,56-57,87-88H,8,14-15,26-30,32-34,36,70H2,1-7H3,(H,71,74)(H,72,98)(H,73,93)(H,75,96)(H,76,94)(H,77,92)(H,78,95)(H,79,99)(H,80,89)(H,81,100)(H,82,97)(H,90,91)(H,83,84,85,86)/t38-,39+,40+,50-,51-,52-,56-,57-,68-/m0/s1. The van der Waals surface area contributed by atoms with Crippen LogP contribution in [-0.4, -0.2) is 191 Å². The molecule has 0 fully saturated rings. The van der Waals surface area contributed by atoms with Crippen molar-refractivity contribution >= 4 is 70.7 Å². The molecule has 0 aliphatic rings. The van der Waals surface area contributed by atoms with Gasteiger partial charge in [-0.25, -0.2) is 9.37 Å². The van der Waals surface area contributed by atoms with Gasteiger partial charge in [-0.3, -0.25) is 52.7 Å². The van der Waals surface area contributed by atoms with Crippen molar-refractivity contribution in [2.75, 3.05) is 31.6 Å². The van der Waals surface area contributed by atoms with Crippen LogP contribution < -0.4 is 63.6 Å². The molecular weight excluding hydrogens is 1310 g/mol. The molecule has 0 aliphatic heterocycles. The lowest BCUT2D eigenvalue weighted by Crippen LogP contribution is -2.66. The molecule has 0 bridgehead atoms. The second kappa shape index (κ2) is 37.8. The summed E-state index contributed by atoms with van der Waals surface area (Å²) in [5, 5.41) is 69.6. The van der Waals surface area contributed by atoms with Crippen LogP contribution >= 0.6 is 0 Å². The van der Waals surface area contributed by atoms with Gasteiger partial charge in [0.2, 0.25) is 59.1 Å². The number of aromatic amines is 2. The van der Waals surface area contributed by atoms with E-state index in [2.05, 4.69) is 83.8 Å². The Morgan fingerprint density at radius 3 is 1.98 bits per heavy atom. The molecule has 0 aliphatic carbocycles. The first-order valence-corrected chi connectivity index (χ1v) is 32.6. The van der Waals surface area contributed by atoms with Crippen molar-refractivity contribution in [1.82, 2.24) is 78.4 Å². The summed E-state index contributed by atoms with van der Waals surface area (Å²) in [5.74, 6) is -12.0. The number of nitrogens with zero attached hydrogens (tertiary/aromatic N) is 4. The van der Waals surface area contributed by atoms with Gasteiger partial charge in [0.15, 0.2) is 5.82 Å². The number of aliphatic carboxylic acids is 1. The van der Waals surface area contributed by atoms with Crippen molar-refractivity contribution in [3.8, 4) is 16.9 Å². The van der Waals surface area contributed by atoms with Crippen LogP contribution in [0.3, 0.4) is 0 Å². The molecule has 2 aromatic heterocycles. The van der Waals surface area contributed by atoms with Crippen LogP contribution in [0.5, 0.6) is 5.75 Å². The van der Waals surface area contributed by atoms with Crippen molar-refractivity contribution in [2.24, 2.45) is 11.1 Å². The lowest BCUT2D eigenvalue weighted by atomic mass is 9.90. The van der Waals surface area contributed by atoms with Gasteiger partial charge in [-0.05, 0) is 125 Å². The average Bonchev–Trinajstić information content (AvgIpc) is 1.72. The average molecular weight is 1400 g/mol. The van der Waals surface area contributed by atoms with Crippen molar-refractivity contribution < 1.29 is 77.2 Å². The quantitative estimate of drug-likeness (QED) is 0.0173. The second-order valence-electron chi connectivity index (χ2n) is 24.8. The fourth-order valence-electron chi connectivity index (χ4n) is 10.2. The maximum atomic E-state index is 15.4. The number of aliphatic hydroxyl groups excluding tert-OH is 2. The maximum Gasteiger partial charge on any atom is 0.305 e. The van der Waals surface area contributed by atoms with Crippen LogP contribution in [0.15, 0.2) is 110 Å². The Morgan fingerprint density at radius 1 is 0.673 bits per heavy atom. The van der Waals surface area contributed by atoms with Gasteiger partial charge in [0.05, 0.1) is 38.1 Å². The number of aryl methyl sites for hydroxylation is 1. The highest BCUT2D eigenvalue weighted by Crippen LogP contribution is 2.29. The number of tetrazole rings is 1. The first kappa shape index (κ1) is 78.9. The number of carbonyl (C=O) groups excluding carboxylic acids is 10. The van der Waals surface area contributed by atoms with Gasteiger partial charge in [0.1, 0.15) is 58.8 Å². The van der Waals surface area contributed by atoms with E-state index in [0.717, 1.165) is 74.7 Å². The first-order valence-electron chi connectivity index (χ1n) is 32.6. The van der Waals surface area contributed by atoms with Crippen LogP contribution in [0.1, 0.15) is 95.9 Å². The van der Waals surface area contributed by atoms with E-state index in [0.29, 0.717) is 37.2 Å². The SMILES string of the molecule is CCc1cc(OCCCCN)ccc1-c1ccc(C[C@H](NC(=O)[C@H](CC(=O)O)NC(=O)[C@H](C)NC(=O)[C@@H](NC(=O)[C@](C)(Cc2ccccc2F)NC(=O)[C@@H](NC(=O)CNC(=O)[C@H](Cc2nn[nH]n2)NC(=O)C(C)(C)C(=O)NCCc2cnc[nH]2)[C@@H](C)O)[C@@H](C)O)C(=O)Nc2ccccc2)cc1. The minimum atomic E-state index is -2.32. The van der Waals surface area contributed by atoms with Crippen LogP contribution in [0.2, 0.25) is 0 Å². The molecule has 33 heteroatoms. The van der Waals surface area contributed by atoms with E-state index < -0.39 is 150 Å². The number of nitrogens with one attached hydrogen (secondary N) is 12. The van der Waals surface area contributed by atoms with Gasteiger partial charge < -0.3 is 83.9 Å². The number of hydrogen-bond acceptors (Lipinski definition) is 19. The molecule has 542 valence electrons. The molecule has 0 saturated carbocycles. The van der Waals surface area contributed by atoms with E-state index in [9.17, 15) is 68.1 Å². The number of unbranched alkanes of at least 4 members (excludes halogenated alkanes) is 1. The number of rotatable bonds is 39. The highest BCUT2D eigenvalue weighted by molar-refractivity contribution is 6.06. The molecule has 17 N–H and O–H groups in total. The van der Waals surface area contributed by atoms with Crippen LogP contribution in [0.25, 0.3) is 11.1 Å². The largest absolute Gasteiger partial charge is 0.494 e. The highest BCUT2D eigenvalue weighted by Gasteiger charge is 2.43. The molecule has 101 heavy (non-hydrogen) atoms. The maximum absolute atomic E-state index is 15.4. The van der Waals surface area contributed by atoms with Crippen LogP contribution in [-0.2, 0) is 84.8 Å². The fraction of sp³-hybridized carbons (Fsp3) is 0.426. The minimum Gasteiger partial charge on any atom is -0.494 e. The number of carboxylic acid groups (broad SMARTS) is 1. The first-order chi connectivity index (χ1) is 48.0. The third kappa shape index (κ3) is 23.8. The summed E-state index contributed by atoms with van der Waals surface area (Å²) < 4.78 is 21.4. The number of para-hydroxylation sites is 1. The van der Waals surface area contributed by atoms with Gasteiger partial charge in [0, 0.05) is 49.8 Å². The number of aromatic nitrogens is 6. The Morgan fingerprint density at radius 2 is 1.35 bits per heavy atom. The predicted molar refractivity (Wildman–Crippen MR) is 363 cm³/mol. The lowest BCUT2D eigenvalue weighted by molar-refractivity contribution is -0.143. The van der Waals surface area contributed by atoms with E-state index in [1.165, 1.54) is 38.4 Å². The Kier molecular flexibility index (Phi) is 29.5. The predicted octanol–water partition coefficient (Wildman–Crippen LogP) is -0.383. The number of amides is 10. The summed E-state index contributed by atoms with van der Waals surface area (Å²) in [4.78, 5) is 158.